The number of piperidine rings is 1. The molecule has 2 aromatic heterocycles. The molecular weight excluding hydrogens is 847 g/mol. The molecular formula is C52H53N9O6. The summed E-state index contributed by atoms with van der Waals surface area (Å²) < 4.78 is 4.83. The number of carbonyl (C=O) groups is 4. The van der Waals surface area contributed by atoms with Gasteiger partial charge in [-0.1, -0.05) is 96.8 Å². The highest BCUT2D eigenvalue weighted by Crippen LogP contribution is 2.36. The third-order valence-corrected chi connectivity index (χ3v) is 12.9. The molecule has 3 saturated heterocycles. The fourth-order valence-electron chi connectivity index (χ4n) is 9.20. The van der Waals surface area contributed by atoms with E-state index in [9.17, 15) is 24.3 Å². The molecule has 3 fully saturated rings. The minimum Gasteiger partial charge on any atom is -0.453 e. The maximum absolute atomic E-state index is 14.3. The summed E-state index contributed by atoms with van der Waals surface area (Å²) in [4.78, 5) is 75.4. The van der Waals surface area contributed by atoms with E-state index >= 15 is 0 Å². The molecule has 6 aromatic rings. The SMILES string of the molecule is COC(=O)N[C@@H](C(=O)N1CCC[C@H]1c1ncc(-c2ccc(C#Cc3ccc(-c4cnc([C@@H]5CCCN5C(=O)[C@H](NC(=O)N5CCC(O)CC5)c5ccccc5)[nH]4)cc3)cc2)[nH]1)c1ccccc1. The topological polar surface area (TPSA) is 189 Å². The lowest BCUT2D eigenvalue weighted by molar-refractivity contribution is -0.135. The number of methoxy groups -OCH3 is 1. The van der Waals surface area contributed by atoms with E-state index in [1.165, 1.54) is 7.11 Å². The molecule has 3 aliphatic heterocycles. The molecule has 3 aliphatic rings. The van der Waals surface area contributed by atoms with Crippen LogP contribution in [0.15, 0.2) is 122 Å². The summed E-state index contributed by atoms with van der Waals surface area (Å²) in [5, 5.41) is 15.7. The van der Waals surface area contributed by atoms with Crippen molar-refractivity contribution >= 4 is 23.9 Å². The van der Waals surface area contributed by atoms with Crippen LogP contribution in [-0.4, -0.2) is 103 Å². The molecule has 5 N–H and O–H groups in total. The van der Waals surface area contributed by atoms with Crippen LogP contribution >= 0.6 is 0 Å². The van der Waals surface area contributed by atoms with Gasteiger partial charge in [-0.3, -0.25) is 9.59 Å². The van der Waals surface area contributed by atoms with E-state index in [0.717, 1.165) is 59.3 Å². The fourth-order valence-corrected chi connectivity index (χ4v) is 9.20. The number of amides is 5. The molecule has 0 unspecified atom stereocenters. The van der Waals surface area contributed by atoms with Gasteiger partial charge in [0.1, 0.15) is 23.7 Å². The lowest BCUT2D eigenvalue weighted by atomic mass is 10.0. The number of aromatic amines is 2. The Hall–Kier alpha value is -7.70. The van der Waals surface area contributed by atoms with Crippen LogP contribution in [0.2, 0.25) is 0 Å². The van der Waals surface area contributed by atoms with Crippen LogP contribution in [0, 0.1) is 11.8 Å². The summed E-state index contributed by atoms with van der Waals surface area (Å²) in [7, 11) is 1.28. The third kappa shape index (κ3) is 10.1. The number of imidazole rings is 2. The number of carbonyl (C=O) groups excluding carboxylic acids is 4. The Morgan fingerprint density at radius 2 is 1.07 bits per heavy atom. The van der Waals surface area contributed by atoms with Crippen LogP contribution < -0.4 is 10.6 Å². The van der Waals surface area contributed by atoms with Gasteiger partial charge in [0.15, 0.2) is 0 Å². The molecule has 4 atom stereocenters. The van der Waals surface area contributed by atoms with Gasteiger partial charge in [-0.05, 0) is 85.0 Å². The van der Waals surface area contributed by atoms with Crippen molar-refractivity contribution in [2.75, 3.05) is 33.3 Å². The predicted octanol–water partition coefficient (Wildman–Crippen LogP) is 7.20. The van der Waals surface area contributed by atoms with Crippen molar-refractivity contribution in [3.63, 3.8) is 0 Å². The zero-order chi connectivity index (χ0) is 46.3. The van der Waals surface area contributed by atoms with Crippen molar-refractivity contribution in [3.05, 3.63) is 155 Å². The number of ether oxygens (including phenoxy) is 1. The van der Waals surface area contributed by atoms with Gasteiger partial charge in [0.25, 0.3) is 5.91 Å². The molecule has 15 heteroatoms. The Labute approximate surface area is 389 Å². The van der Waals surface area contributed by atoms with Gasteiger partial charge in [0, 0.05) is 37.3 Å². The number of aromatic nitrogens is 4. The number of alkyl carbamates (subject to hydrolysis) is 1. The second-order valence-corrected chi connectivity index (χ2v) is 17.1. The number of rotatable bonds is 10. The molecule has 0 radical (unpaired) electrons. The Bertz CT molecular complexity index is 2740. The molecule has 0 saturated carbocycles. The number of nitrogens with one attached hydrogen (secondary N) is 4. The molecule has 67 heavy (non-hydrogen) atoms. The third-order valence-electron chi connectivity index (χ3n) is 12.9. The number of aliphatic hydroxyl groups excluding tert-OH is 1. The number of hydrogen-bond acceptors (Lipinski definition) is 8. The first kappa shape index (κ1) is 44.5. The van der Waals surface area contributed by atoms with Crippen LogP contribution in [0.1, 0.15) is 96.6 Å². The summed E-state index contributed by atoms with van der Waals surface area (Å²) in [6.45, 7) is 1.97. The first-order chi connectivity index (χ1) is 32.7. The molecule has 342 valence electrons. The lowest BCUT2D eigenvalue weighted by Crippen LogP contribution is -2.50. The summed E-state index contributed by atoms with van der Waals surface area (Å²) in [6, 6.07) is 31.7. The molecule has 0 bridgehead atoms. The monoisotopic (exact) mass is 899 g/mol. The van der Waals surface area contributed by atoms with Crippen molar-refractivity contribution < 1.29 is 29.0 Å². The van der Waals surface area contributed by atoms with E-state index in [-0.39, 0.29) is 29.9 Å². The van der Waals surface area contributed by atoms with Gasteiger partial charge >= 0.3 is 12.1 Å². The Balaban J connectivity index is 0.827. The number of nitrogens with zero attached hydrogens (tertiary/aromatic N) is 5. The van der Waals surface area contributed by atoms with E-state index in [4.69, 9.17) is 9.72 Å². The smallest absolute Gasteiger partial charge is 0.407 e. The molecule has 4 aromatic carbocycles. The van der Waals surface area contributed by atoms with Crippen molar-refractivity contribution in [2.45, 2.75) is 68.8 Å². The van der Waals surface area contributed by atoms with Gasteiger partial charge in [0.05, 0.1) is 49.1 Å². The summed E-state index contributed by atoms with van der Waals surface area (Å²) in [5.74, 6) is 7.50. The lowest BCUT2D eigenvalue weighted by Gasteiger charge is -2.33. The van der Waals surface area contributed by atoms with Gasteiger partial charge in [0.2, 0.25) is 5.91 Å². The van der Waals surface area contributed by atoms with Gasteiger partial charge < -0.3 is 45.1 Å². The van der Waals surface area contributed by atoms with Crippen LogP contribution in [-0.2, 0) is 14.3 Å². The normalized spacial score (nSPS) is 18.1. The van der Waals surface area contributed by atoms with E-state index in [1.807, 2.05) is 114 Å². The molecule has 15 nitrogen and oxygen atoms in total. The second-order valence-electron chi connectivity index (χ2n) is 17.1. The van der Waals surface area contributed by atoms with E-state index in [1.54, 1.807) is 22.2 Å². The van der Waals surface area contributed by atoms with Crippen LogP contribution in [0.5, 0.6) is 0 Å². The summed E-state index contributed by atoms with van der Waals surface area (Å²) >= 11 is 0. The average Bonchev–Trinajstić information content (AvgIpc) is 4.23. The van der Waals surface area contributed by atoms with Crippen LogP contribution in [0.25, 0.3) is 22.5 Å². The highest BCUT2D eigenvalue weighted by molar-refractivity contribution is 5.89. The Kier molecular flexibility index (Phi) is 13.4. The van der Waals surface area contributed by atoms with Crippen LogP contribution in [0.3, 0.4) is 0 Å². The van der Waals surface area contributed by atoms with Crippen molar-refractivity contribution in [1.29, 1.82) is 0 Å². The molecule has 5 amide bonds. The van der Waals surface area contributed by atoms with Gasteiger partial charge in [-0.2, -0.15) is 0 Å². The Morgan fingerprint density at radius 1 is 0.627 bits per heavy atom. The first-order valence-electron chi connectivity index (χ1n) is 22.8. The highest BCUT2D eigenvalue weighted by Gasteiger charge is 2.39. The van der Waals surface area contributed by atoms with Crippen molar-refractivity contribution in [1.82, 2.24) is 45.3 Å². The highest BCUT2D eigenvalue weighted by atomic mass is 16.5. The summed E-state index contributed by atoms with van der Waals surface area (Å²) in [5.41, 5.74) is 6.59. The average molecular weight is 900 g/mol. The predicted molar refractivity (Wildman–Crippen MR) is 251 cm³/mol. The number of aliphatic hydroxyl groups is 1. The number of urea groups is 1. The standard InChI is InChI=1S/C52H53N9O6/c1-67-52(66)58-46(39-12-6-3-7-13-39)50(64)61-29-9-15-44(61)48-54-33-42(56-48)37-24-20-35(21-25-37)17-16-34-18-22-36(23-19-34)41-32-53-47(55-41)43-14-8-28-60(43)49(63)45(38-10-4-2-5-11-38)57-51(65)59-30-26-40(62)27-31-59/h2-7,10-13,18-25,32-33,40,43-46,62H,8-9,14-15,26-31H2,1H3,(H,53,55)(H,54,56)(H,57,65)(H,58,66)/t43-,44-,45+,46+/m0/s1. The first-order valence-corrected chi connectivity index (χ1v) is 22.8. The number of likely N-dealkylation sites (tertiary alicyclic amines) is 3. The van der Waals surface area contributed by atoms with E-state index < -0.39 is 24.3 Å². The van der Waals surface area contributed by atoms with Crippen molar-refractivity contribution in [3.8, 4) is 34.4 Å². The number of hydrogen-bond donors (Lipinski definition) is 5. The number of benzene rings is 4. The minimum atomic E-state index is -0.889. The van der Waals surface area contributed by atoms with Crippen LogP contribution in [0.4, 0.5) is 9.59 Å². The fraction of sp³-hybridized carbons (Fsp3) is 0.308. The molecule has 9 rings (SSSR count). The minimum absolute atomic E-state index is 0.184. The van der Waals surface area contributed by atoms with Gasteiger partial charge in [-0.15, -0.1) is 0 Å². The van der Waals surface area contributed by atoms with Gasteiger partial charge in [-0.25, -0.2) is 19.6 Å². The molecule has 0 spiro atoms. The largest absolute Gasteiger partial charge is 0.453 e. The molecule has 0 aliphatic carbocycles. The zero-order valence-corrected chi connectivity index (χ0v) is 37.2. The maximum atomic E-state index is 14.3. The summed E-state index contributed by atoms with van der Waals surface area (Å²) in [6.07, 6.45) is 6.61. The maximum Gasteiger partial charge on any atom is 0.407 e. The Morgan fingerprint density at radius 3 is 1.52 bits per heavy atom. The molecule has 5 heterocycles. The van der Waals surface area contributed by atoms with E-state index in [0.29, 0.717) is 61.8 Å². The van der Waals surface area contributed by atoms with E-state index in [2.05, 4.69) is 37.4 Å². The zero-order valence-electron chi connectivity index (χ0n) is 37.2. The van der Waals surface area contributed by atoms with Crippen molar-refractivity contribution in [2.24, 2.45) is 0 Å². The quantitative estimate of drug-likeness (QED) is 0.0893. The number of H-pyrrole nitrogens is 2. The second kappa shape index (κ2) is 20.2.